The Morgan fingerprint density at radius 2 is 2.32 bits per heavy atom. The molecule has 0 radical (unpaired) electrons. The van der Waals surface area contributed by atoms with Crippen molar-refractivity contribution in [2.45, 2.75) is 18.6 Å². The standard InChI is InChI=1S/C12H15F2NO2S2/c13-11(14)6-15(2-3-16)12(17)10-5-8-7-18-4-1-9(8)19-10/h5,11,16H,1-4,6-7H2. The highest BCUT2D eigenvalue weighted by atomic mass is 32.2. The third-order valence-electron chi connectivity index (χ3n) is 2.85. The molecular weight excluding hydrogens is 292 g/mol. The molecule has 0 fully saturated rings. The number of aryl methyl sites for hydroxylation is 1. The predicted molar refractivity (Wildman–Crippen MR) is 73.2 cm³/mol. The fourth-order valence-electron chi connectivity index (χ4n) is 1.97. The minimum absolute atomic E-state index is 0.0551. The van der Waals surface area contributed by atoms with Crippen molar-refractivity contribution in [3.63, 3.8) is 0 Å². The summed E-state index contributed by atoms with van der Waals surface area (Å²) in [5, 5.41) is 8.87. The minimum Gasteiger partial charge on any atom is -0.395 e. The largest absolute Gasteiger partial charge is 0.395 e. The highest BCUT2D eigenvalue weighted by Gasteiger charge is 2.23. The van der Waals surface area contributed by atoms with Crippen LogP contribution in [0.1, 0.15) is 20.1 Å². The van der Waals surface area contributed by atoms with Gasteiger partial charge < -0.3 is 10.0 Å². The second-order valence-electron chi connectivity index (χ2n) is 4.23. The normalized spacial score (nSPS) is 14.5. The number of halogens is 2. The number of thiophene rings is 1. The molecule has 1 N–H and O–H groups in total. The van der Waals surface area contributed by atoms with E-state index < -0.39 is 18.9 Å². The number of aliphatic hydroxyl groups excluding tert-OH is 1. The molecule has 0 aliphatic carbocycles. The van der Waals surface area contributed by atoms with Gasteiger partial charge in [-0.25, -0.2) is 8.78 Å². The van der Waals surface area contributed by atoms with E-state index in [1.54, 1.807) is 0 Å². The van der Waals surface area contributed by atoms with E-state index in [1.807, 2.05) is 17.8 Å². The summed E-state index contributed by atoms with van der Waals surface area (Å²) in [7, 11) is 0. The zero-order chi connectivity index (χ0) is 13.8. The van der Waals surface area contributed by atoms with Crippen LogP contribution in [0.3, 0.4) is 0 Å². The van der Waals surface area contributed by atoms with Crippen LogP contribution in [-0.2, 0) is 12.2 Å². The first-order valence-electron chi connectivity index (χ1n) is 5.99. The molecule has 0 spiro atoms. The van der Waals surface area contributed by atoms with Crippen LogP contribution in [0.5, 0.6) is 0 Å². The maximum atomic E-state index is 12.4. The molecule has 0 atom stereocenters. The number of carbonyl (C=O) groups excluding carboxylic acids is 1. The van der Waals surface area contributed by atoms with Crippen molar-refractivity contribution >= 4 is 29.0 Å². The molecule has 0 saturated heterocycles. The first-order valence-corrected chi connectivity index (χ1v) is 7.96. The smallest absolute Gasteiger partial charge is 0.264 e. The van der Waals surface area contributed by atoms with Crippen molar-refractivity contribution < 1.29 is 18.7 Å². The molecule has 1 aromatic heterocycles. The Morgan fingerprint density at radius 1 is 1.53 bits per heavy atom. The topological polar surface area (TPSA) is 40.5 Å². The molecule has 1 amide bonds. The predicted octanol–water partition coefficient (Wildman–Crippen LogP) is 2.24. The SMILES string of the molecule is O=C(c1cc2c(s1)CCSC2)N(CCO)CC(F)F. The van der Waals surface area contributed by atoms with Crippen LogP contribution in [0.15, 0.2) is 6.07 Å². The summed E-state index contributed by atoms with van der Waals surface area (Å²) in [6.45, 7) is -0.989. The van der Waals surface area contributed by atoms with Crippen LogP contribution >= 0.6 is 23.1 Å². The quantitative estimate of drug-likeness (QED) is 0.907. The van der Waals surface area contributed by atoms with E-state index in [2.05, 4.69) is 0 Å². The zero-order valence-electron chi connectivity index (χ0n) is 10.3. The molecule has 2 heterocycles. The maximum Gasteiger partial charge on any atom is 0.264 e. The molecule has 1 aliphatic heterocycles. The lowest BCUT2D eigenvalue weighted by molar-refractivity contribution is 0.0513. The van der Waals surface area contributed by atoms with Gasteiger partial charge in [-0.2, -0.15) is 11.8 Å². The van der Waals surface area contributed by atoms with E-state index in [1.165, 1.54) is 16.2 Å². The van der Waals surface area contributed by atoms with Gasteiger partial charge in [0.05, 0.1) is 18.0 Å². The Balaban J connectivity index is 2.13. The number of nitrogens with zero attached hydrogens (tertiary/aromatic N) is 1. The summed E-state index contributed by atoms with van der Waals surface area (Å²) < 4.78 is 24.9. The molecule has 1 aromatic rings. The highest BCUT2D eigenvalue weighted by molar-refractivity contribution is 7.98. The van der Waals surface area contributed by atoms with Gasteiger partial charge in [0.25, 0.3) is 12.3 Å². The highest BCUT2D eigenvalue weighted by Crippen LogP contribution is 2.32. The van der Waals surface area contributed by atoms with E-state index in [0.29, 0.717) is 4.88 Å². The summed E-state index contributed by atoms with van der Waals surface area (Å²) in [5.41, 5.74) is 1.14. The van der Waals surface area contributed by atoms with Crippen molar-refractivity contribution in [1.29, 1.82) is 0 Å². The van der Waals surface area contributed by atoms with E-state index >= 15 is 0 Å². The van der Waals surface area contributed by atoms with Gasteiger partial charge in [-0.3, -0.25) is 4.79 Å². The van der Waals surface area contributed by atoms with E-state index in [-0.39, 0.29) is 13.2 Å². The summed E-state index contributed by atoms with van der Waals surface area (Å²) in [6, 6.07) is 1.81. The molecule has 0 bridgehead atoms. The van der Waals surface area contributed by atoms with Crippen molar-refractivity contribution in [2.24, 2.45) is 0 Å². The number of alkyl halides is 2. The number of amides is 1. The van der Waals surface area contributed by atoms with Crippen LogP contribution < -0.4 is 0 Å². The molecule has 19 heavy (non-hydrogen) atoms. The number of fused-ring (bicyclic) bond motifs is 1. The average molecular weight is 307 g/mol. The zero-order valence-corrected chi connectivity index (χ0v) is 11.9. The molecule has 7 heteroatoms. The van der Waals surface area contributed by atoms with E-state index in [9.17, 15) is 13.6 Å². The average Bonchev–Trinajstić information content (AvgIpc) is 2.80. The summed E-state index contributed by atoms with van der Waals surface area (Å²) in [6.07, 6.45) is -1.65. The third-order valence-corrected chi connectivity index (χ3v) is 5.09. The van der Waals surface area contributed by atoms with Gasteiger partial charge in [0.1, 0.15) is 0 Å². The second-order valence-corrected chi connectivity index (χ2v) is 6.47. The summed E-state index contributed by atoms with van der Waals surface area (Å²) in [4.78, 5) is 14.9. The van der Waals surface area contributed by atoms with Gasteiger partial charge in [-0.15, -0.1) is 11.3 Å². The third kappa shape index (κ3) is 3.67. The minimum atomic E-state index is -2.58. The van der Waals surface area contributed by atoms with Gasteiger partial charge in [0, 0.05) is 17.2 Å². The van der Waals surface area contributed by atoms with Gasteiger partial charge in [0.15, 0.2) is 0 Å². The number of aliphatic hydroxyl groups is 1. The number of hydrogen-bond acceptors (Lipinski definition) is 4. The number of hydrogen-bond donors (Lipinski definition) is 1. The molecule has 0 saturated carbocycles. The molecule has 0 unspecified atom stereocenters. The Hall–Kier alpha value is -0.660. The Bertz CT molecular complexity index is 427. The van der Waals surface area contributed by atoms with Crippen LogP contribution in [0.2, 0.25) is 0 Å². The fourth-order valence-corrected chi connectivity index (χ4v) is 4.31. The van der Waals surface area contributed by atoms with Crippen LogP contribution in [0, 0.1) is 0 Å². The first-order chi connectivity index (χ1) is 9.11. The number of rotatable bonds is 5. The molecule has 1 aliphatic rings. The molecule has 3 nitrogen and oxygen atoms in total. The van der Waals surface area contributed by atoms with Crippen LogP contribution in [0.4, 0.5) is 8.78 Å². The van der Waals surface area contributed by atoms with Gasteiger partial charge in [-0.05, 0) is 23.8 Å². The Labute approximate surface area is 118 Å². The first kappa shape index (κ1) is 14.7. The number of thioether (sulfide) groups is 1. The Kier molecular flexibility index (Phi) is 5.18. The second kappa shape index (κ2) is 6.67. The Morgan fingerprint density at radius 3 is 2.95 bits per heavy atom. The van der Waals surface area contributed by atoms with Gasteiger partial charge in [-0.1, -0.05) is 0 Å². The lowest BCUT2D eigenvalue weighted by atomic mass is 10.2. The fraction of sp³-hybridized carbons (Fsp3) is 0.583. The van der Waals surface area contributed by atoms with E-state index in [4.69, 9.17) is 5.11 Å². The molecule has 2 rings (SSSR count). The molecule has 0 aromatic carbocycles. The lowest BCUT2D eigenvalue weighted by Gasteiger charge is -2.20. The monoisotopic (exact) mass is 307 g/mol. The van der Waals surface area contributed by atoms with Crippen molar-refractivity contribution in [1.82, 2.24) is 4.90 Å². The van der Waals surface area contributed by atoms with Gasteiger partial charge >= 0.3 is 0 Å². The van der Waals surface area contributed by atoms with Gasteiger partial charge in [0.2, 0.25) is 0 Å². The van der Waals surface area contributed by atoms with Crippen molar-refractivity contribution in [3.8, 4) is 0 Å². The maximum absolute atomic E-state index is 12.4. The van der Waals surface area contributed by atoms with Crippen LogP contribution in [0.25, 0.3) is 0 Å². The van der Waals surface area contributed by atoms with Crippen molar-refractivity contribution in [3.05, 3.63) is 21.4 Å². The van der Waals surface area contributed by atoms with E-state index in [0.717, 1.165) is 28.4 Å². The molecule has 106 valence electrons. The summed E-state index contributed by atoms with van der Waals surface area (Å²) >= 11 is 3.21. The lowest BCUT2D eigenvalue weighted by Crippen LogP contribution is -2.36. The molecular formula is C12H15F2NO2S2. The number of carbonyl (C=O) groups is 1. The van der Waals surface area contributed by atoms with Crippen molar-refractivity contribution in [2.75, 3.05) is 25.4 Å². The van der Waals surface area contributed by atoms with Crippen LogP contribution in [-0.4, -0.2) is 47.8 Å². The summed E-state index contributed by atoms with van der Waals surface area (Å²) in [5.74, 6) is 1.52.